The number of hydrogen-bond donors (Lipinski definition) is 1. The molecule has 8 heteroatoms. The van der Waals surface area contributed by atoms with Crippen molar-refractivity contribution in [2.45, 2.75) is 51.2 Å². The number of carbonyl (C=O) groups excluding carboxylic acids is 1. The highest BCUT2D eigenvalue weighted by molar-refractivity contribution is 5.73. The smallest absolute Gasteiger partial charge is 0.410 e. The third-order valence-corrected chi connectivity index (χ3v) is 4.71. The van der Waals surface area contributed by atoms with Crippen LogP contribution in [0, 0.1) is 5.92 Å². The van der Waals surface area contributed by atoms with E-state index in [-0.39, 0.29) is 6.09 Å². The predicted molar refractivity (Wildman–Crippen MR) is 79.9 cm³/mol. The lowest BCUT2D eigenvalue weighted by Crippen LogP contribution is -2.50. The lowest BCUT2D eigenvalue weighted by molar-refractivity contribution is -0.145. The second kappa shape index (κ2) is 5.21. The lowest BCUT2D eigenvalue weighted by Gasteiger charge is -2.40. The molecule has 0 aliphatic carbocycles. The predicted octanol–water partition coefficient (Wildman–Crippen LogP) is 1.26. The quantitative estimate of drug-likeness (QED) is 0.836. The van der Waals surface area contributed by atoms with E-state index in [1.54, 1.807) is 11.2 Å². The number of piperidine rings is 1. The van der Waals surface area contributed by atoms with Gasteiger partial charge in [-0.2, -0.15) is 0 Å². The first-order valence-electron chi connectivity index (χ1n) is 7.82. The maximum absolute atomic E-state index is 12.2. The van der Waals surface area contributed by atoms with Gasteiger partial charge in [0.2, 0.25) is 0 Å². The molecule has 2 aliphatic heterocycles. The normalized spacial score (nSPS) is 22.9. The molecular formula is C15H22N4O4. The Bertz CT molecular complexity index is 626. The molecule has 126 valence electrons. The van der Waals surface area contributed by atoms with Crippen LogP contribution >= 0.6 is 0 Å². The maximum atomic E-state index is 12.2. The highest BCUT2D eigenvalue weighted by atomic mass is 16.6. The Morgan fingerprint density at radius 1 is 1.35 bits per heavy atom. The van der Waals surface area contributed by atoms with Gasteiger partial charge in [0.25, 0.3) is 0 Å². The molecular weight excluding hydrogens is 300 g/mol. The van der Waals surface area contributed by atoms with Crippen LogP contribution in [0.2, 0.25) is 0 Å². The topological polar surface area (TPSA) is 97.5 Å². The van der Waals surface area contributed by atoms with E-state index in [2.05, 4.69) is 10.2 Å². The molecule has 1 N–H and O–H groups in total. The number of aliphatic carboxylic acids is 1. The Morgan fingerprint density at radius 2 is 2.00 bits per heavy atom. The highest BCUT2D eigenvalue weighted by Crippen LogP contribution is 2.46. The molecule has 1 saturated heterocycles. The molecule has 1 unspecified atom stereocenters. The number of carbonyl (C=O) groups is 2. The fourth-order valence-electron chi connectivity index (χ4n) is 3.60. The average molecular weight is 322 g/mol. The molecule has 3 heterocycles. The van der Waals surface area contributed by atoms with Crippen LogP contribution in [0.4, 0.5) is 4.79 Å². The van der Waals surface area contributed by atoms with E-state index in [1.807, 2.05) is 25.3 Å². The van der Waals surface area contributed by atoms with Crippen molar-refractivity contribution in [2.75, 3.05) is 13.1 Å². The summed E-state index contributed by atoms with van der Waals surface area (Å²) in [7, 11) is 0. The summed E-state index contributed by atoms with van der Waals surface area (Å²) in [6.45, 7) is 6.81. The molecule has 8 nitrogen and oxygen atoms in total. The second-order valence-corrected chi connectivity index (χ2v) is 7.32. The van der Waals surface area contributed by atoms with Crippen molar-refractivity contribution in [3.8, 4) is 0 Å². The number of aromatic nitrogens is 3. The summed E-state index contributed by atoms with van der Waals surface area (Å²) in [6.07, 6.45) is 2.35. The number of amides is 1. The van der Waals surface area contributed by atoms with E-state index in [4.69, 9.17) is 4.74 Å². The highest BCUT2D eigenvalue weighted by Gasteiger charge is 2.54. The fraction of sp³-hybridized carbons (Fsp3) is 0.733. The third kappa shape index (κ3) is 2.66. The summed E-state index contributed by atoms with van der Waals surface area (Å²) in [6, 6.07) is 0. The summed E-state index contributed by atoms with van der Waals surface area (Å²) >= 11 is 0. The van der Waals surface area contributed by atoms with E-state index in [1.165, 1.54) is 0 Å². The van der Waals surface area contributed by atoms with Crippen LogP contribution in [0.5, 0.6) is 0 Å². The number of likely N-dealkylation sites (tertiary alicyclic amines) is 1. The van der Waals surface area contributed by atoms with Crippen molar-refractivity contribution in [1.82, 2.24) is 19.7 Å². The van der Waals surface area contributed by atoms with Crippen molar-refractivity contribution in [2.24, 2.45) is 5.92 Å². The number of hydrogen-bond acceptors (Lipinski definition) is 5. The van der Waals surface area contributed by atoms with Crippen molar-refractivity contribution < 1.29 is 19.4 Å². The minimum atomic E-state index is -0.818. The van der Waals surface area contributed by atoms with Crippen LogP contribution in [0.15, 0.2) is 6.33 Å². The Labute approximate surface area is 134 Å². The van der Waals surface area contributed by atoms with Gasteiger partial charge >= 0.3 is 12.1 Å². The minimum absolute atomic E-state index is 0.348. The number of ether oxygens (including phenoxy) is 1. The van der Waals surface area contributed by atoms with Gasteiger partial charge < -0.3 is 19.3 Å². The summed E-state index contributed by atoms with van der Waals surface area (Å²) in [5.41, 5.74) is -1.08. The molecule has 1 atom stereocenters. The van der Waals surface area contributed by atoms with Gasteiger partial charge in [-0.1, -0.05) is 0 Å². The summed E-state index contributed by atoms with van der Waals surface area (Å²) in [5.74, 6) is -0.608. The number of nitrogens with zero attached hydrogens (tertiary/aromatic N) is 4. The second-order valence-electron chi connectivity index (χ2n) is 7.32. The Morgan fingerprint density at radius 3 is 2.57 bits per heavy atom. The first-order valence-corrected chi connectivity index (χ1v) is 7.82. The standard InChI is InChI=1S/C15H22N4O4/c1-14(2,3)23-13(22)18-6-4-15(5-7-18)10(11(20)21)8-19-9-16-17-12(15)19/h9-10H,4-8H2,1-3H3,(H,20,21). The zero-order valence-electron chi connectivity index (χ0n) is 13.7. The molecule has 2 aliphatic rings. The maximum Gasteiger partial charge on any atom is 0.410 e. The van der Waals surface area contributed by atoms with E-state index >= 15 is 0 Å². The molecule has 1 amide bonds. The first kappa shape index (κ1) is 15.8. The van der Waals surface area contributed by atoms with Gasteiger partial charge in [-0.15, -0.1) is 10.2 Å². The largest absolute Gasteiger partial charge is 0.481 e. The van der Waals surface area contributed by atoms with Gasteiger partial charge in [-0.25, -0.2) is 4.79 Å². The van der Waals surface area contributed by atoms with Crippen molar-refractivity contribution in [3.63, 3.8) is 0 Å². The Kier molecular flexibility index (Phi) is 3.57. The number of carboxylic acids is 1. The Balaban J connectivity index is 1.76. The van der Waals surface area contributed by atoms with Crippen LogP contribution in [0.3, 0.4) is 0 Å². The lowest BCUT2D eigenvalue weighted by atomic mass is 9.70. The molecule has 1 aromatic rings. The van der Waals surface area contributed by atoms with Gasteiger partial charge in [-0.3, -0.25) is 4.79 Å². The molecule has 0 aromatic carbocycles. The van der Waals surface area contributed by atoms with Crippen LogP contribution in [-0.4, -0.2) is 55.5 Å². The zero-order chi connectivity index (χ0) is 16.8. The van der Waals surface area contributed by atoms with Gasteiger partial charge in [0.15, 0.2) is 0 Å². The average Bonchev–Trinajstić information content (AvgIpc) is 3.00. The van der Waals surface area contributed by atoms with E-state index < -0.39 is 22.9 Å². The molecule has 0 saturated carbocycles. The summed E-state index contributed by atoms with van der Waals surface area (Å²) in [5, 5.41) is 17.6. The monoisotopic (exact) mass is 322 g/mol. The van der Waals surface area contributed by atoms with Gasteiger partial charge in [0.05, 0.1) is 5.92 Å². The zero-order valence-corrected chi connectivity index (χ0v) is 13.7. The summed E-state index contributed by atoms with van der Waals surface area (Å²) < 4.78 is 7.22. The number of rotatable bonds is 1. The van der Waals surface area contributed by atoms with Crippen molar-refractivity contribution >= 4 is 12.1 Å². The number of carboxylic acid groups (broad SMARTS) is 1. The minimum Gasteiger partial charge on any atom is -0.481 e. The number of fused-ring (bicyclic) bond motifs is 2. The van der Waals surface area contributed by atoms with Crippen molar-refractivity contribution in [1.29, 1.82) is 0 Å². The fourth-order valence-corrected chi connectivity index (χ4v) is 3.60. The molecule has 23 heavy (non-hydrogen) atoms. The first-order chi connectivity index (χ1) is 10.7. The molecule has 0 radical (unpaired) electrons. The van der Waals surface area contributed by atoms with Gasteiger partial charge in [0, 0.05) is 25.0 Å². The molecule has 1 spiro atoms. The van der Waals surface area contributed by atoms with Crippen LogP contribution in [-0.2, 0) is 21.5 Å². The SMILES string of the molecule is CC(C)(C)OC(=O)N1CCC2(CC1)c1nncn1CC2C(=O)O. The molecule has 0 bridgehead atoms. The van der Waals surface area contributed by atoms with Gasteiger partial charge in [0.1, 0.15) is 17.8 Å². The molecule has 1 aromatic heterocycles. The third-order valence-electron chi connectivity index (χ3n) is 4.71. The van der Waals surface area contributed by atoms with Crippen molar-refractivity contribution in [3.05, 3.63) is 12.2 Å². The Hall–Kier alpha value is -2.12. The van der Waals surface area contributed by atoms with E-state index in [0.717, 1.165) is 5.82 Å². The molecule has 1 fully saturated rings. The molecule has 3 rings (SSSR count). The van der Waals surface area contributed by atoms with Crippen LogP contribution < -0.4 is 0 Å². The van der Waals surface area contributed by atoms with Crippen LogP contribution in [0.1, 0.15) is 39.4 Å². The van der Waals surface area contributed by atoms with E-state index in [0.29, 0.717) is 32.5 Å². The van der Waals surface area contributed by atoms with Crippen LogP contribution in [0.25, 0.3) is 0 Å². The van der Waals surface area contributed by atoms with E-state index in [9.17, 15) is 14.7 Å². The summed E-state index contributed by atoms with van der Waals surface area (Å²) in [4.78, 5) is 25.5. The van der Waals surface area contributed by atoms with Gasteiger partial charge in [-0.05, 0) is 33.6 Å².